The first kappa shape index (κ1) is 13.3. The molecular formula is C14H14N4O3S. The van der Waals surface area contributed by atoms with Crippen LogP contribution in [-0.4, -0.2) is 48.2 Å². The molecule has 1 aliphatic rings. The third-order valence-corrected chi connectivity index (χ3v) is 5.37. The molecule has 3 heterocycles. The number of H-pyrrole nitrogens is 1. The van der Waals surface area contributed by atoms with Gasteiger partial charge < -0.3 is 9.32 Å². The molecule has 0 bridgehead atoms. The summed E-state index contributed by atoms with van der Waals surface area (Å²) >= 11 is 0. The van der Waals surface area contributed by atoms with Gasteiger partial charge in [0.2, 0.25) is 5.95 Å². The highest BCUT2D eigenvalue weighted by molar-refractivity contribution is 7.91. The van der Waals surface area contributed by atoms with Gasteiger partial charge in [0.25, 0.3) is 0 Å². The van der Waals surface area contributed by atoms with Gasteiger partial charge in [0.1, 0.15) is 5.58 Å². The van der Waals surface area contributed by atoms with Crippen LogP contribution >= 0.6 is 0 Å². The Balaban J connectivity index is 1.61. The molecule has 114 valence electrons. The van der Waals surface area contributed by atoms with Crippen LogP contribution in [0.25, 0.3) is 22.6 Å². The zero-order chi connectivity index (χ0) is 15.2. The van der Waals surface area contributed by atoms with Crippen LogP contribution in [0.5, 0.6) is 0 Å². The molecule has 1 saturated heterocycles. The lowest BCUT2D eigenvalue weighted by Crippen LogP contribution is -2.40. The molecule has 0 radical (unpaired) electrons. The minimum absolute atomic E-state index is 0.140. The van der Waals surface area contributed by atoms with Crippen molar-refractivity contribution in [1.29, 1.82) is 0 Å². The average Bonchev–Trinajstić information content (AvgIpc) is 3.13. The number of aromatic amines is 1. The Bertz CT molecular complexity index is 881. The SMILES string of the molecule is O=S1(=O)CCN(c2n[nH]c(-c3cc4ccccc4o3)n2)CC1. The highest BCUT2D eigenvalue weighted by atomic mass is 32.2. The number of aromatic nitrogens is 3. The fourth-order valence-corrected chi connectivity index (χ4v) is 3.72. The van der Waals surface area contributed by atoms with Crippen molar-refractivity contribution < 1.29 is 12.8 Å². The highest BCUT2D eigenvalue weighted by Crippen LogP contribution is 2.26. The second kappa shape index (κ2) is 4.84. The second-order valence-corrected chi connectivity index (χ2v) is 7.57. The fourth-order valence-electron chi connectivity index (χ4n) is 2.52. The van der Waals surface area contributed by atoms with Crippen LogP contribution in [0.1, 0.15) is 0 Å². The van der Waals surface area contributed by atoms with Gasteiger partial charge in [-0.15, -0.1) is 5.10 Å². The Morgan fingerprint density at radius 3 is 2.73 bits per heavy atom. The molecule has 1 aromatic carbocycles. The maximum Gasteiger partial charge on any atom is 0.245 e. The molecule has 8 heteroatoms. The van der Waals surface area contributed by atoms with Gasteiger partial charge in [-0.25, -0.2) is 8.42 Å². The van der Waals surface area contributed by atoms with Gasteiger partial charge in [-0.05, 0) is 12.1 Å². The van der Waals surface area contributed by atoms with Gasteiger partial charge in [0.05, 0.1) is 11.5 Å². The number of nitrogens with one attached hydrogen (secondary N) is 1. The van der Waals surface area contributed by atoms with Crippen LogP contribution in [-0.2, 0) is 9.84 Å². The van der Waals surface area contributed by atoms with Crippen LogP contribution in [0.2, 0.25) is 0 Å². The van der Waals surface area contributed by atoms with E-state index in [2.05, 4.69) is 15.2 Å². The smallest absolute Gasteiger partial charge is 0.245 e. The molecule has 0 spiro atoms. The number of nitrogens with zero attached hydrogens (tertiary/aromatic N) is 3. The number of hydrogen-bond donors (Lipinski definition) is 1. The number of hydrogen-bond acceptors (Lipinski definition) is 6. The predicted molar refractivity (Wildman–Crippen MR) is 82.5 cm³/mol. The number of benzene rings is 1. The van der Waals surface area contributed by atoms with Crippen molar-refractivity contribution in [2.45, 2.75) is 0 Å². The monoisotopic (exact) mass is 318 g/mol. The number of furan rings is 1. The summed E-state index contributed by atoms with van der Waals surface area (Å²) in [7, 11) is -2.91. The number of sulfone groups is 1. The maximum absolute atomic E-state index is 11.5. The van der Waals surface area contributed by atoms with E-state index < -0.39 is 9.84 Å². The van der Waals surface area contributed by atoms with E-state index in [1.54, 1.807) is 0 Å². The molecule has 0 saturated carbocycles. The summed E-state index contributed by atoms with van der Waals surface area (Å²) in [4.78, 5) is 6.28. The standard InChI is InChI=1S/C14H14N4O3S/c19-22(20)7-5-18(6-8-22)14-15-13(16-17-14)12-9-10-3-1-2-4-11(10)21-12/h1-4,9H,5-8H2,(H,15,16,17). The van der Waals surface area contributed by atoms with Crippen molar-refractivity contribution in [2.75, 3.05) is 29.5 Å². The lowest BCUT2D eigenvalue weighted by molar-refractivity contribution is 0.585. The van der Waals surface area contributed by atoms with E-state index in [1.165, 1.54) is 0 Å². The first-order valence-corrected chi connectivity index (χ1v) is 8.80. The summed E-state index contributed by atoms with van der Waals surface area (Å²) < 4.78 is 28.7. The first-order valence-electron chi connectivity index (χ1n) is 6.97. The van der Waals surface area contributed by atoms with E-state index in [9.17, 15) is 8.42 Å². The van der Waals surface area contributed by atoms with Crippen molar-refractivity contribution in [1.82, 2.24) is 15.2 Å². The third kappa shape index (κ3) is 2.35. The minimum atomic E-state index is -2.91. The van der Waals surface area contributed by atoms with Gasteiger partial charge in [-0.1, -0.05) is 18.2 Å². The lowest BCUT2D eigenvalue weighted by atomic mass is 10.2. The van der Waals surface area contributed by atoms with Crippen molar-refractivity contribution in [3.8, 4) is 11.6 Å². The summed E-state index contributed by atoms with van der Waals surface area (Å²) in [6.07, 6.45) is 0. The molecule has 0 unspecified atom stereocenters. The molecule has 7 nitrogen and oxygen atoms in total. The first-order chi connectivity index (χ1) is 10.6. The Morgan fingerprint density at radius 1 is 1.18 bits per heavy atom. The number of fused-ring (bicyclic) bond motifs is 1. The Kier molecular flexibility index (Phi) is 2.93. The minimum Gasteiger partial charge on any atom is -0.453 e. The lowest BCUT2D eigenvalue weighted by Gasteiger charge is -2.24. The summed E-state index contributed by atoms with van der Waals surface area (Å²) in [5.74, 6) is 1.94. The predicted octanol–water partition coefficient (Wildman–Crippen LogP) is 1.45. The Labute approximate surface area is 126 Å². The van der Waals surface area contributed by atoms with Crippen LogP contribution in [0.15, 0.2) is 34.7 Å². The number of para-hydroxylation sites is 1. The number of rotatable bonds is 2. The molecule has 0 amide bonds. The van der Waals surface area contributed by atoms with Crippen LogP contribution < -0.4 is 4.90 Å². The van der Waals surface area contributed by atoms with E-state index in [-0.39, 0.29) is 11.5 Å². The average molecular weight is 318 g/mol. The normalized spacial score (nSPS) is 17.9. The van der Waals surface area contributed by atoms with Crippen molar-refractivity contribution in [3.63, 3.8) is 0 Å². The van der Waals surface area contributed by atoms with E-state index in [1.807, 2.05) is 35.2 Å². The van der Waals surface area contributed by atoms with Crippen LogP contribution in [0.4, 0.5) is 5.95 Å². The summed E-state index contributed by atoms with van der Waals surface area (Å²) in [5, 5.41) is 8.02. The van der Waals surface area contributed by atoms with Crippen molar-refractivity contribution >= 4 is 26.8 Å². The molecular weight excluding hydrogens is 304 g/mol. The Hall–Kier alpha value is -2.35. The quantitative estimate of drug-likeness (QED) is 0.769. The van der Waals surface area contributed by atoms with E-state index in [4.69, 9.17) is 4.42 Å². The van der Waals surface area contributed by atoms with E-state index in [0.717, 1.165) is 11.0 Å². The largest absolute Gasteiger partial charge is 0.453 e. The second-order valence-electron chi connectivity index (χ2n) is 5.27. The third-order valence-electron chi connectivity index (χ3n) is 3.76. The van der Waals surface area contributed by atoms with Crippen molar-refractivity contribution in [3.05, 3.63) is 30.3 Å². The number of anilines is 1. The molecule has 3 aromatic rings. The molecule has 1 fully saturated rings. The van der Waals surface area contributed by atoms with Crippen molar-refractivity contribution in [2.24, 2.45) is 0 Å². The molecule has 2 aromatic heterocycles. The zero-order valence-electron chi connectivity index (χ0n) is 11.7. The van der Waals surface area contributed by atoms with Crippen LogP contribution in [0.3, 0.4) is 0 Å². The molecule has 1 N–H and O–H groups in total. The summed E-state index contributed by atoms with van der Waals surface area (Å²) in [6, 6.07) is 9.62. The van der Waals surface area contributed by atoms with E-state index >= 15 is 0 Å². The van der Waals surface area contributed by atoms with Gasteiger partial charge in [0, 0.05) is 18.5 Å². The van der Waals surface area contributed by atoms with Gasteiger partial charge in [-0.2, -0.15) is 4.98 Å². The molecule has 22 heavy (non-hydrogen) atoms. The zero-order valence-corrected chi connectivity index (χ0v) is 12.5. The van der Waals surface area contributed by atoms with Gasteiger partial charge >= 0.3 is 0 Å². The van der Waals surface area contributed by atoms with Gasteiger partial charge in [0.15, 0.2) is 21.4 Å². The maximum atomic E-state index is 11.5. The van der Waals surface area contributed by atoms with Crippen LogP contribution in [0, 0.1) is 0 Å². The highest BCUT2D eigenvalue weighted by Gasteiger charge is 2.24. The fraction of sp³-hybridized carbons (Fsp3) is 0.286. The topological polar surface area (TPSA) is 92.1 Å². The molecule has 1 aliphatic heterocycles. The molecule has 0 aliphatic carbocycles. The Morgan fingerprint density at radius 2 is 1.95 bits per heavy atom. The summed E-state index contributed by atoms with van der Waals surface area (Å²) in [5.41, 5.74) is 0.791. The van der Waals surface area contributed by atoms with Gasteiger partial charge in [-0.3, -0.25) is 5.10 Å². The summed E-state index contributed by atoms with van der Waals surface area (Å²) in [6.45, 7) is 0.833. The van der Waals surface area contributed by atoms with E-state index in [0.29, 0.717) is 30.6 Å². The molecule has 4 rings (SSSR count). The molecule has 0 atom stereocenters.